The van der Waals surface area contributed by atoms with Crippen LogP contribution >= 0.6 is 22.6 Å². The van der Waals surface area contributed by atoms with Crippen LogP contribution in [0.5, 0.6) is 0 Å². The van der Waals surface area contributed by atoms with E-state index in [-0.39, 0.29) is 18.4 Å². The van der Waals surface area contributed by atoms with Crippen LogP contribution in [0.25, 0.3) is 0 Å². The first kappa shape index (κ1) is 14.3. The van der Waals surface area contributed by atoms with E-state index in [0.29, 0.717) is 11.6 Å². The van der Waals surface area contributed by atoms with Gasteiger partial charge in [-0.2, -0.15) is 0 Å². The Morgan fingerprint density at radius 1 is 1.47 bits per heavy atom. The molecule has 1 heterocycles. The van der Waals surface area contributed by atoms with Gasteiger partial charge in [-0.25, -0.2) is 0 Å². The largest absolute Gasteiger partial charge is 0.343 e. The van der Waals surface area contributed by atoms with Crippen molar-refractivity contribution in [3.05, 3.63) is 33.4 Å². The molecule has 2 amide bonds. The van der Waals surface area contributed by atoms with Gasteiger partial charge in [0.1, 0.15) is 0 Å². The van der Waals surface area contributed by atoms with Crippen molar-refractivity contribution in [3.63, 3.8) is 0 Å². The number of hydrogen-bond acceptors (Lipinski definition) is 2. The Labute approximate surface area is 126 Å². The van der Waals surface area contributed by atoms with Crippen molar-refractivity contribution in [1.29, 1.82) is 0 Å². The van der Waals surface area contributed by atoms with E-state index < -0.39 is 0 Å². The van der Waals surface area contributed by atoms with Gasteiger partial charge in [-0.15, -0.1) is 0 Å². The molecule has 1 aliphatic heterocycles. The monoisotopic (exact) mass is 372 g/mol. The second-order valence-corrected chi connectivity index (χ2v) is 6.02. The predicted octanol–water partition coefficient (Wildman–Crippen LogP) is 2.03. The third-order valence-corrected chi connectivity index (χ3v) is 4.03. The average Bonchev–Trinajstić information content (AvgIpc) is 2.82. The van der Waals surface area contributed by atoms with E-state index in [2.05, 4.69) is 27.9 Å². The first-order chi connectivity index (χ1) is 9.08. The molecule has 102 valence electrons. The first-order valence-electron chi connectivity index (χ1n) is 6.41. The van der Waals surface area contributed by atoms with Gasteiger partial charge in [0, 0.05) is 21.7 Å². The van der Waals surface area contributed by atoms with Gasteiger partial charge in [0.15, 0.2) is 0 Å². The molecule has 5 heteroatoms. The van der Waals surface area contributed by atoms with Crippen LogP contribution in [0.4, 0.5) is 0 Å². The lowest BCUT2D eigenvalue weighted by Crippen LogP contribution is -2.41. The number of likely N-dealkylation sites (tertiary alicyclic amines) is 1. The van der Waals surface area contributed by atoms with Crippen molar-refractivity contribution < 1.29 is 9.59 Å². The summed E-state index contributed by atoms with van der Waals surface area (Å²) in [5.74, 6) is -0.192. The van der Waals surface area contributed by atoms with Crippen molar-refractivity contribution in [1.82, 2.24) is 10.2 Å². The number of nitrogens with one attached hydrogen (secondary N) is 1. The topological polar surface area (TPSA) is 49.4 Å². The zero-order valence-electron chi connectivity index (χ0n) is 10.9. The van der Waals surface area contributed by atoms with Gasteiger partial charge in [0.2, 0.25) is 5.91 Å². The Bertz CT molecular complexity index is 490. The lowest BCUT2D eigenvalue weighted by molar-refractivity contribution is -0.130. The highest BCUT2D eigenvalue weighted by molar-refractivity contribution is 14.1. The maximum Gasteiger partial charge on any atom is 0.251 e. The number of rotatable bonds is 3. The summed E-state index contributed by atoms with van der Waals surface area (Å²) in [4.78, 5) is 25.7. The SMILES string of the molecule is C[C@H]1CCCN1C(=O)CNC(=O)c1cccc(I)c1. The standard InChI is InChI=1S/C14H17IN2O2/c1-10-4-3-7-17(10)13(18)9-16-14(19)11-5-2-6-12(15)8-11/h2,5-6,8,10H,3-4,7,9H2,1H3,(H,16,19)/t10-/m0/s1. The number of amides is 2. The van der Waals surface area contributed by atoms with E-state index in [1.165, 1.54) is 0 Å². The van der Waals surface area contributed by atoms with E-state index in [4.69, 9.17) is 0 Å². The smallest absolute Gasteiger partial charge is 0.251 e. The van der Waals surface area contributed by atoms with Gasteiger partial charge < -0.3 is 10.2 Å². The van der Waals surface area contributed by atoms with Gasteiger partial charge >= 0.3 is 0 Å². The molecule has 19 heavy (non-hydrogen) atoms. The number of carbonyl (C=O) groups is 2. The van der Waals surface area contributed by atoms with Crippen molar-refractivity contribution in [3.8, 4) is 0 Å². The number of nitrogens with zero attached hydrogens (tertiary/aromatic N) is 1. The molecule has 4 nitrogen and oxygen atoms in total. The molecule has 0 saturated carbocycles. The molecule has 0 bridgehead atoms. The van der Waals surface area contributed by atoms with Crippen molar-refractivity contribution in [2.24, 2.45) is 0 Å². The summed E-state index contributed by atoms with van der Waals surface area (Å²) in [6.45, 7) is 2.93. The number of hydrogen-bond donors (Lipinski definition) is 1. The molecule has 0 aliphatic carbocycles. The molecule has 1 aliphatic rings. The third kappa shape index (κ3) is 3.68. The molecule has 1 aromatic rings. The molecule has 1 saturated heterocycles. The first-order valence-corrected chi connectivity index (χ1v) is 7.49. The maximum absolute atomic E-state index is 12.0. The van der Waals surface area contributed by atoms with Gasteiger partial charge in [-0.3, -0.25) is 9.59 Å². The quantitative estimate of drug-likeness (QED) is 0.826. The highest BCUT2D eigenvalue weighted by Gasteiger charge is 2.24. The van der Waals surface area contributed by atoms with Crippen molar-refractivity contribution >= 4 is 34.4 Å². The van der Waals surface area contributed by atoms with Crippen LogP contribution in [0.2, 0.25) is 0 Å². The van der Waals surface area contributed by atoms with Crippen LogP contribution in [-0.2, 0) is 4.79 Å². The van der Waals surface area contributed by atoms with E-state index >= 15 is 0 Å². The van der Waals surface area contributed by atoms with E-state index in [0.717, 1.165) is 23.0 Å². The number of benzene rings is 1. The summed E-state index contributed by atoms with van der Waals surface area (Å²) >= 11 is 2.16. The van der Waals surface area contributed by atoms with Crippen molar-refractivity contribution in [2.45, 2.75) is 25.8 Å². The lowest BCUT2D eigenvalue weighted by Gasteiger charge is -2.21. The van der Waals surface area contributed by atoms with Gasteiger partial charge in [0.05, 0.1) is 6.54 Å². The van der Waals surface area contributed by atoms with E-state index in [1.807, 2.05) is 24.0 Å². The molecule has 0 radical (unpaired) electrons. The molecule has 0 spiro atoms. The lowest BCUT2D eigenvalue weighted by atomic mass is 10.2. The summed E-state index contributed by atoms with van der Waals surface area (Å²) in [7, 11) is 0. The molecule has 1 N–H and O–H groups in total. The summed E-state index contributed by atoms with van der Waals surface area (Å²) in [6, 6.07) is 7.61. The van der Waals surface area contributed by atoms with E-state index in [1.54, 1.807) is 12.1 Å². The Hall–Kier alpha value is -1.11. The second-order valence-electron chi connectivity index (χ2n) is 4.77. The normalized spacial score (nSPS) is 18.4. The van der Waals surface area contributed by atoms with Gasteiger partial charge in [-0.05, 0) is 60.6 Å². The zero-order valence-corrected chi connectivity index (χ0v) is 13.0. The highest BCUT2D eigenvalue weighted by Crippen LogP contribution is 2.16. The Kier molecular flexibility index (Phi) is 4.79. The predicted molar refractivity (Wildman–Crippen MR) is 81.9 cm³/mol. The molecular formula is C14H17IN2O2. The molecular weight excluding hydrogens is 355 g/mol. The van der Waals surface area contributed by atoms with Crippen LogP contribution in [-0.4, -0.2) is 35.8 Å². The molecule has 0 unspecified atom stereocenters. The highest BCUT2D eigenvalue weighted by atomic mass is 127. The molecule has 1 fully saturated rings. The van der Waals surface area contributed by atoms with Crippen LogP contribution in [0.3, 0.4) is 0 Å². The minimum Gasteiger partial charge on any atom is -0.343 e. The fraction of sp³-hybridized carbons (Fsp3) is 0.429. The minimum atomic E-state index is -0.196. The third-order valence-electron chi connectivity index (χ3n) is 3.36. The summed E-state index contributed by atoms with van der Waals surface area (Å²) < 4.78 is 1.00. The summed E-state index contributed by atoms with van der Waals surface area (Å²) in [6.07, 6.45) is 2.11. The second kappa shape index (κ2) is 6.36. The Morgan fingerprint density at radius 2 is 2.26 bits per heavy atom. The maximum atomic E-state index is 12.0. The van der Waals surface area contributed by atoms with Crippen LogP contribution in [0, 0.1) is 3.57 Å². The van der Waals surface area contributed by atoms with Crippen LogP contribution in [0.15, 0.2) is 24.3 Å². The summed E-state index contributed by atoms with van der Waals surface area (Å²) in [5, 5.41) is 2.69. The number of carbonyl (C=O) groups excluding carboxylic acids is 2. The minimum absolute atomic E-state index is 0.00368. The van der Waals surface area contributed by atoms with Crippen molar-refractivity contribution in [2.75, 3.05) is 13.1 Å². The average molecular weight is 372 g/mol. The molecule has 1 atom stereocenters. The molecule has 1 aromatic carbocycles. The molecule has 0 aromatic heterocycles. The van der Waals surface area contributed by atoms with Crippen LogP contribution in [0.1, 0.15) is 30.1 Å². The molecule has 2 rings (SSSR count). The number of halogens is 1. The Balaban J connectivity index is 1.88. The zero-order chi connectivity index (χ0) is 13.8. The Morgan fingerprint density at radius 3 is 2.89 bits per heavy atom. The van der Waals surface area contributed by atoms with Gasteiger partial charge in [-0.1, -0.05) is 6.07 Å². The fourth-order valence-electron chi connectivity index (χ4n) is 2.29. The van der Waals surface area contributed by atoms with E-state index in [9.17, 15) is 9.59 Å². The van der Waals surface area contributed by atoms with Gasteiger partial charge in [0.25, 0.3) is 5.91 Å². The fourth-order valence-corrected chi connectivity index (χ4v) is 2.84. The summed E-state index contributed by atoms with van der Waals surface area (Å²) in [5.41, 5.74) is 0.592. The van der Waals surface area contributed by atoms with Crippen LogP contribution < -0.4 is 5.32 Å².